The Morgan fingerprint density at radius 1 is 1.22 bits per heavy atom. The van der Waals surface area contributed by atoms with E-state index in [2.05, 4.69) is 0 Å². The van der Waals surface area contributed by atoms with Gasteiger partial charge in [-0.15, -0.1) is 0 Å². The molecule has 0 nitrogen and oxygen atoms in total. The molecule has 4 heteroatoms. The van der Waals surface area contributed by atoms with E-state index in [1.807, 2.05) is 0 Å². The Balaban J connectivity index is 4.14. The summed E-state index contributed by atoms with van der Waals surface area (Å²) in [6, 6.07) is 1.28. The van der Waals surface area contributed by atoms with Crippen LogP contribution in [0.5, 0.6) is 0 Å². The fourth-order valence-corrected chi connectivity index (χ4v) is 0.491. The second-order valence-corrected chi connectivity index (χ2v) is 7.10. The molecule has 0 unspecified atom stereocenters. The van der Waals surface area contributed by atoms with Crippen molar-refractivity contribution in [2.75, 3.05) is 0 Å². The lowest BCUT2D eigenvalue weighted by atomic mass is 11.0. The number of hydrogen-bond donors (Lipinski definition) is 0. The molecule has 1 radical (unpaired) electrons. The zero-order valence-electron chi connectivity index (χ0n) is 5.71. The summed E-state index contributed by atoms with van der Waals surface area (Å²) in [5.41, 5.74) is 0. The highest BCUT2D eigenvalue weighted by atomic mass is 28.3. The molecular formula is C5H10F3Si. The molecule has 0 heterocycles. The average molecular weight is 155 g/mol. The largest absolute Gasteiger partial charge is 0.361 e. The molecule has 0 saturated carbocycles. The van der Waals surface area contributed by atoms with Crippen molar-refractivity contribution < 1.29 is 13.2 Å². The topological polar surface area (TPSA) is 0 Å². The van der Waals surface area contributed by atoms with Gasteiger partial charge in [0.25, 0.3) is 0 Å². The standard InChI is InChI=1S/C5H10F3Si/c1-4-9(2,3)5(6,7)8/h4H,1-3H3. The van der Waals surface area contributed by atoms with E-state index in [4.69, 9.17) is 0 Å². The van der Waals surface area contributed by atoms with E-state index < -0.39 is 13.9 Å². The molecule has 0 spiro atoms. The van der Waals surface area contributed by atoms with Crippen LogP contribution in [0.2, 0.25) is 13.1 Å². The van der Waals surface area contributed by atoms with E-state index in [9.17, 15) is 13.2 Å². The van der Waals surface area contributed by atoms with Gasteiger partial charge in [-0.05, 0) is 6.04 Å². The van der Waals surface area contributed by atoms with Gasteiger partial charge in [0.1, 0.15) is 0 Å². The Morgan fingerprint density at radius 2 is 1.56 bits per heavy atom. The van der Waals surface area contributed by atoms with Gasteiger partial charge in [0.2, 0.25) is 0 Å². The lowest BCUT2D eigenvalue weighted by Crippen LogP contribution is -2.44. The molecule has 0 aliphatic carbocycles. The summed E-state index contributed by atoms with van der Waals surface area (Å²) in [5.74, 6) is -3.97. The smallest absolute Gasteiger partial charge is 0.177 e. The van der Waals surface area contributed by atoms with Crippen molar-refractivity contribution >= 4 is 8.07 Å². The second kappa shape index (κ2) is 2.32. The summed E-state index contributed by atoms with van der Waals surface area (Å²) in [5, 5.41) is 0. The van der Waals surface area contributed by atoms with Crippen LogP contribution in [-0.4, -0.2) is 13.9 Å². The number of rotatable bonds is 1. The van der Waals surface area contributed by atoms with E-state index in [0.29, 0.717) is 0 Å². The molecule has 0 aromatic rings. The third-order valence-corrected chi connectivity index (χ3v) is 4.36. The maximum atomic E-state index is 11.9. The van der Waals surface area contributed by atoms with Gasteiger partial charge in [-0.1, -0.05) is 20.0 Å². The van der Waals surface area contributed by atoms with Crippen LogP contribution in [0, 0.1) is 6.04 Å². The lowest BCUT2D eigenvalue weighted by molar-refractivity contribution is -0.0549. The van der Waals surface area contributed by atoms with E-state index in [1.54, 1.807) is 0 Å². The first-order valence-corrected chi connectivity index (χ1v) is 5.76. The number of alkyl halides is 3. The quantitative estimate of drug-likeness (QED) is 0.510. The summed E-state index contributed by atoms with van der Waals surface area (Å²) in [7, 11) is -3.00. The second-order valence-electron chi connectivity index (χ2n) is 2.51. The highest BCUT2D eigenvalue weighted by Crippen LogP contribution is 2.29. The van der Waals surface area contributed by atoms with Crippen molar-refractivity contribution in [3.8, 4) is 0 Å². The summed E-state index contributed by atoms with van der Waals surface area (Å²) >= 11 is 0. The zero-order chi connectivity index (χ0) is 7.71. The van der Waals surface area contributed by atoms with Crippen LogP contribution < -0.4 is 0 Å². The minimum absolute atomic E-state index is 1.28. The van der Waals surface area contributed by atoms with E-state index in [1.165, 1.54) is 26.1 Å². The van der Waals surface area contributed by atoms with Crippen LogP contribution in [0.4, 0.5) is 13.2 Å². The Kier molecular flexibility index (Phi) is 2.33. The predicted molar refractivity (Wildman–Crippen MR) is 33.5 cm³/mol. The van der Waals surface area contributed by atoms with Crippen molar-refractivity contribution in [3.05, 3.63) is 6.04 Å². The van der Waals surface area contributed by atoms with Gasteiger partial charge in [0.15, 0.2) is 8.07 Å². The van der Waals surface area contributed by atoms with Gasteiger partial charge in [-0.25, -0.2) is 0 Å². The minimum atomic E-state index is -3.97. The molecule has 0 atom stereocenters. The van der Waals surface area contributed by atoms with Crippen molar-refractivity contribution in [1.29, 1.82) is 0 Å². The number of hydrogen-bond acceptors (Lipinski definition) is 0. The van der Waals surface area contributed by atoms with Crippen molar-refractivity contribution in [2.24, 2.45) is 0 Å². The highest BCUT2D eigenvalue weighted by Gasteiger charge is 2.47. The van der Waals surface area contributed by atoms with E-state index >= 15 is 0 Å². The predicted octanol–water partition coefficient (Wildman–Crippen LogP) is 2.56. The molecule has 0 saturated heterocycles. The average Bonchev–Trinajstić information content (AvgIpc) is 1.64. The third-order valence-electron chi connectivity index (χ3n) is 1.45. The third kappa shape index (κ3) is 2.00. The van der Waals surface area contributed by atoms with Crippen LogP contribution in [0.3, 0.4) is 0 Å². The normalized spacial score (nSPS) is 14.0. The van der Waals surface area contributed by atoms with Crippen molar-refractivity contribution in [2.45, 2.75) is 25.8 Å². The molecule has 0 rings (SSSR count). The van der Waals surface area contributed by atoms with Crippen LogP contribution in [0.25, 0.3) is 0 Å². The molecule has 0 aliphatic heterocycles. The van der Waals surface area contributed by atoms with Crippen LogP contribution in [-0.2, 0) is 0 Å². The van der Waals surface area contributed by atoms with E-state index in [0.717, 1.165) is 0 Å². The SMILES string of the molecule is C[CH][Si](C)(C)C(F)(F)F. The van der Waals surface area contributed by atoms with Crippen molar-refractivity contribution in [3.63, 3.8) is 0 Å². The van der Waals surface area contributed by atoms with Gasteiger partial charge in [-0.2, -0.15) is 13.2 Å². The highest BCUT2D eigenvalue weighted by molar-refractivity contribution is 6.82. The Labute approximate surface area is 54.1 Å². The first-order valence-electron chi connectivity index (χ1n) is 2.68. The Morgan fingerprint density at radius 3 is 1.56 bits per heavy atom. The first-order chi connectivity index (χ1) is 3.81. The molecular weight excluding hydrogens is 145 g/mol. The van der Waals surface area contributed by atoms with Gasteiger partial charge in [-0.3, -0.25) is 0 Å². The molecule has 0 aliphatic rings. The van der Waals surface area contributed by atoms with Crippen molar-refractivity contribution in [1.82, 2.24) is 0 Å². The van der Waals surface area contributed by atoms with Gasteiger partial charge >= 0.3 is 5.80 Å². The molecule has 0 N–H and O–H groups in total. The molecule has 0 fully saturated rings. The van der Waals surface area contributed by atoms with Crippen LogP contribution >= 0.6 is 0 Å². The molecule has 0 amide bonds. The fraction of sp³-hybridized carbons (Fsp3) is 0.800. The number of halogens is 3. The first kappa shape index (κ1) is 9.01. The van der Waals surface area contributed by atoms with Crippen LogP contribution in [0.15, 0.2) is 0 Å². The summed E-state index contributed by atoms with van der Waals surface area (Å²) < 4.78 is 35.6. The molecule has 0 bridgehead atoms. The van der Waals surface area contributed by atoms with Gasteiger partial charge < -0.3 is 0 Å². The minimum Gasteiger partial charge on any atom is -0.177 e. The monoisotopic (exact) mass is 155 g/mol. The molecule has 0 aromatic carbocycles. The molecule has 55 valence electrons. The molecule has 9 heavy (non-hydrogen) atoms. The summed E-state index contributed by atoms with van der Waals surface area (Å²) in [6.45, 7) is 4.04. The van der Waals surface area contributed by atoms with Crippen LogP contribution in [0.1, 0.15) is 6.92 Å². The Bertz CT molecular complexity index is 94.9. The maximum absolute atomic E-state index is 11.9. The summed E-state index contributed by atoms with van der Waals surface area (Å²) in [4.78, 5) is 0. The van der Waals surface area contributed by atoms with Gasteiger partial charge in [0, 0.05) is 0 Å². The zero-order valence-corrected chi connectivity index (χ0v) is 6.71. The lowest BCUT2D eigenvalue weighted by Gasteiger charge is -2.22. The fourth-order valence-electron chi connectivity index (χ4n) is 0.164. The summed E-state index contributed by atoms with van der Waals surface area (Å²) in [6.07, 6.45) is 0. The molecule has 0 aromatic heterocycles. The maximum Gasteiger partial charge on any atom is 0.361 e. The van der Waals surface area contributed by atoms with Gasteiger partial charge in [0.05, 0.1) is 0 Å². The van der Waals surface area contributed by atoms with E-state index in [-0.39, 0.29) is 0 Å². The Hall–Kier alpha value is 0.00688.